The maximum absolute atomic E-state index is 13.5. The molecule has 8 heteroatoms. The minimum Gasteiger partial charge on any atom is -0.497 e. The van der Waals surface area contributed by atoms with Gasteiger partial charge in [-0.3, -0.25) is 4.79 Å². The molecular formula is C20H22ClN5O2. The van der Waals surface area contributed by atoms with E-state index in [0.717, 1.165) is 30.9 Å². The second kappa shape index (κ2) is 7.41. The van der Waals surface area contributed by atoms with E-state index in [0.29, 0.717) is 23.2 Å². The van der Waals surface area contributed by atoms with Gasteiger partial charge >= 0.3 is 0 Å². The normalized spacial score (nSPS) is 23.5. The quantitative estimate of drug-likeness (QED) is 0.731. The summed E-state index contributed by atoms with van der Waals surface area (Å²) in [6.45, 7) is 2.63. The lowest BCUT2D eigenvalue weighted by atomic mass is 9.89. The Bertz CT molecular complexity index is 990. The number of aromatic nitrogens is 3. The first-order chi connectivity index (χ1) is 13.3. The summed E-state index contributed by atoms with van der Waals surface area (Å²) < 4.78 is 6.91. The van der Waals surface area contributed by atoms with Crippen LogP contribution in [0.25, 0.3) is 5.65 Å². The molecule has 0 unspecified atom stereocenters. The zero-order valence-electron chi connectivity index (χ0n) is 15.5. The van der Waals surface area contributed by atoms with Gasteiger partial charge in [0.25, 0.3) is 5.91 Å². The summed E-state index contributed by atoms with van der Waals surface area (Å²) in [4.78, 5) is 19.7. The van der Waals surface area contributed by atoms with Crippen molar-refractivity contribution in [1.82, 2.24) is 24.8 Å². The first-order valence-electron chi connectivity index (χ1n) is 9.20. The minimum atomic E-state index is 0. The fourth-order valence-electron chi connectivity index (χ4n) is 4.51. The number of rotatable bonds is 3. The van der Waals surface area contributed by atoms with E-state index < -0.39 is 0 Å². The Morgan fingerprint density at radius 1 is 1.18 bits per heavy atom. The lowest BCUT2D eigenvalue weighted by molar-refractivity contribution is 0.0705. The minimum absolute atomic E-state index is 0. The van der Waals surface area contributed by atoms with Gasteiger partial charge in [0.15, 0.2) is 5.65 Å². The van der Waals surface area contributed by atoms with E-state index in [4.69, 9.17) is 4.74 Å². The summed E-state index contributed by atoms with van der Waals surface area (Å²) in [5, 5.41) is 7.71. The molecule has 0 spiro atoms. The van der Waals surface area contributed by atoms with Gasteiger partial charge in [-0.2, -0.15) is 5.10 Å². The number of pyridine rings is 1. The SMILES string of the molecule is COc1ccc([C@H]2[C@H]3CNC[C@H]3CN2C(=O)c2cccc3ncnn23)cc1.Cl. The molecular weight excluding hydrogens is 378 g/mol. The molecule has 1 aromatic carbocycles. The van der Waals surface area contributed by atoms with Gasteiger partial charge in [-0.25, -0.2) is 9.50 Å². The average molecular weight is 400 g/mol. The molecule has 4 heterocycles. The molecule has 0 saturated carbocycles. The number of halogens is 1. The van der Waals surface area contributed by atoms with Gasteiger partial charge in [0.1, 0.15) is 17.8 Å². The Morgan fingerprint density at radius 3 is 2.79 bits per heavy atom. The van der Waals surface area contributed by atoms with Crippen LogP contribution in [0.1, 0.15) is 22.1 Å². The number of hydrogen-bond donors (Lipinski definition) is 1. The number of nitrogens with zero attached hydrogens (tertiary/aromatic N) is 4. The van der Waals surface area contributed by atoms with Gasteiger partial charge in [-0.05, 0) is 35.7 Å². The van der Waals surface area contributed by atoms with Crippen molar-refractivity contribution in [2.45, 2.75) is 6.04 Å². The van der Waals surface area contributed by atoms with Crippen molar-refractivity contribution in [3.8, 4) is 5.75 Å². The zero-order chi connectivity index (χ0) is 18.4. The fourth-order valence-corrected chi connectivity index (χ4v) is 4.51. The molecule has 2 fully saturated rings. The summed E-state index contributed by atoms with van der Waals surface area (Å²) in [6, 6.07) is 13.6. The second-order valence-corrected chi connectivity index (χ2v) is 7.20. The lowest BCUT2D eigenvalue weighted by Crippen LogP contribution is -2.35. The first-order valence-corrected chi connectivity index (χ1v) is 9.20. The Kier molecular flexibility index (Phi) is 4.95. The number of carbonyl (C=O) groups excluding carboxylic acids is 1. The number of hydrogen-bond acceptors (Lipinski definition) is 5. The lowest BCUT2D eigenvalue weighted by Gasteiger charge is -2.28. The molecule has 1 amide bonds. The number of ether oxygens (including phenoxy) is 1. The van der Waals surface area contributed by atoms with Gasteiger partial charge in [0.2, 0.25) is 0 Å². The summed E-state index contributed by atoms with van der Waals surface area (Å²) in [5.74, 6) is 1.71. The van der Waals surface area contributed by atoms with Gasteiger partial charge in [-0.15, -0.1) is 12.4 Å². The molecule has 28 heavy (non-hydrogen) atoms. The van der Waals surface area contributed by atoms with Crippen LogP contribution in [0.15, 0.2) is 48.8 Å². The van der Waals surface area contributed by atoms with Crippen LogP contribution in [0.3, 0.4) is 0 Å². The van der Waals surface area contributed by atoms with Gasteiger partial charge in [0.05, 0.1) is 13.2 Å². The number of benzene rings is 1. The molecule has 3 aromatic rings. The number of methoxy groups -OCH3 is 1. The molecule has 2 saturated heterocycles. The monoisotopic (exact) mass is 399 g/mol. The first kappa shape index (κ1) is 18.7. The van der Waals surface area contributed by atoms with Crippen LogP contribution >= 0.6 is 12.4 Å². The molecule has 2 aliphatic rings. The number of likely N-dealkylation sites (tertiary alicyclic amines) is 1. The smallest absolute Gasteiger partial charge is 0.273 e. The highest BCUT2D eigenvalue weighted by Crippen LogP contribution is 2.43. The van der Waals surface area contributed by atoms with Crippen LogP contribution in [0, 0.1) is 11.8 Å². The largest absolute Gasteiger partial charge is 0.497 e. The zero-order valence-corrected chi connectivity index (χ0v) is 16.3. The van der Waals surface area contributed by atoms with E-state index in [1.54, 1.807) is 11.6 Å². The molecule has 2 aromatic heterocycles. The summed E-state index contributed by atoms with van der Waals surface area (Å²) in [6.07, 6.45) is 1.48. The van der Waals surface area contributed by atoms with Crippen molar-refractivity contribution in [3.63, 3.8) is 0 Å². The third-order valence-electron chi connectivity index (χ3n) is 5.80. The van der Waals surface area contributed by atoms with Gasteiger partial charge in [0, 0.05) is 25.6 Å². The van der Waals surface area contributed by atoms with Crippen LogP contribution in [-0.4, -0.2) is 52.1 Å². The third kappa shape index (κ3) is 2.91. The van der Waals surface area contributed by atoms with E-state index in [1.807, 2.05) is 35.2 Å². The highest BCUT2D eigenvalue weighted by Gasteiger charge is 2.47. The summed E-state index contributed by atoms with van der Waals surface area (Å²) in [5.41, 5.74) is 2.38. The molecule has 146 valence electrons. The molecule has 0 radical (unpaired) electrons. The van der Waals surface area contributed by atoms with Crippen molar-refractivity contribution in [2.24, 2.45) is 11.8 Å². The molecule has 7 nitrogen and oxygen atoms in total. The van der Waals surface area contributed by atoms with Crippen molar-refractivity contribution in [1.29, 1.82) is 0 Å². The number of amides is 1. The third-order valence-corrected chi connectivity index (χ3v) is 5.80. The van der Waals surface area contributed by atoms with Crippen molar-refractivity contribution in [2.75, 3.05) is 26.7 Å². The van der Waals surface area contributed by atoms with Crippen LogP contribution in [0.4, 0.5) is 0 Å². The van der Waals surface area contributed by atoms with Crippen LogP contribution < -0.4 is 10.1 Å². The average Bonchev–Trinajstić information content (AvgIpc) is 3.42. The highest BCUT2D eigenvalue weighted by molar-refractivity contribution is 5.93. The number of fused-ring (bicyclic) bond motifs is 2. The Balaban J connectivity index is 0.00000192. The summed E-state index contributed by atoms with van der Waals surface area (Å²) in [7, 11) is 1.66. The van der Waals surface area contributed by atoms with Gasteiger partial charge in [-0.1, -0.05) is 18.2 Å². The van der Waals surface area contributed by atoms with Crippen LogP contribution in [0.2, 0.25) is 0 Å². The standard InChI is InChI=1S/C20H21N5O2.ClH/c1-27-15-7-5-13(6-8-15)19-16-10-21-9-14(16)11-24(19)20(26)17-3-2-4-18-22-12-23-25(17)18;/h2-8,12,14,16,19,21H,9-11H2,1H3;1H/t14-,16-,19-;/m0./s1. The fraction of sp³-hybridized carbons (Fsp3) is 0.350. The Morgan fingerprint density at radius 2 is 2.00 bits per heavy atom. The maximum atomic E-state index is 13.5. The van der Waals surface area contributed by atoms with E-state index in [9.17, 15) is 4.79 Å². The highest BCUT2D eigenvalue weighted by atomic mass is 35.5. The van der Waals surface area contributed by atoms with Crippen molar-refractivity contribution in [3.05, 3.63) is 60.0 Å². The summed E-state index contributed by atoms with van der Waals surface area (Å²) >= 11 is 0. The molecule has 5 rings (SSSR count). The molecule has 3 atom stereocenters. The number of carbonyl (C=O) groups is 1. The van der Waals surface area contributed by atoms with Crippen LogP contribution in [-0.2, 0) is 0 Å². The topological polar surface area (TPSA) is 71.8 Å². The van der Waals surface area contributed by atoms with E-state index >= 15 is 0 Å². The Labute approximate surface area is 169 Å². The predicted molar refractivity (Wildman–Crippen MR) is 107 cm³/mol. The van der Waals surface area contributed by atoms with Crippen LogP contribution in [0.5, 0.6) is 5.75 Å². The van der Waals surface area contributed by atoms with E-state index in [-0.39, 0.29) is 24.4 Å². The van der Waals surface area contributed by atoms with E-state index in [2.05, 4.69) is 27.5 Å². The van der Waals surface area contributed by atoms with Crippen molar-refractivity contribution >= 4 is 24.0 Å². The predicted octanol–water partition coefficient (Wildman–Crippen LogP) is 2.19. The maximum Gasteiger partial charge on any atom is 0.273 e. The molecule has 2 aliphatic heterocycles. The molecule has 0 bridgehead atoms. The molecule has 0 aliphatic carbocycles. The van der Waals surface area contributed by atoms with E-state index in [1.165, 1.54) is 6.33 Å². The van der Waals surface area contributed by atoms with Gasteiger partial charge < -0.3 is 15.0 Å². The second-order valence-electron chi connectivity index (χ2n) is 7.20. The van der Waals surface area contributed by atoms with Crippen molar-refractivity contribution < 1.29 is 9.53 Å². The Hall–Kier alpha value is -2.64. The number of nitrogens with one attached hydrogen (secondary N) is 1. The molecule has 1 N–H and O–H groups in total.